The van der Waals surface area contributed by atoms with Crippen LogP contribution < -0.4 is 0 Å². The fraction of sp³-hybridized carbons (Fsp3) is 0.385. The largest absolute Gasteiger partial charge is 0.497 e. The van der Waals surface area contributed by atoms with Gasteiger partial charge in [-0.3, -0.25) is 0 Å². The maximum Gasteiger partial charge on any atom is 0.118 e. The van der Waals surface area contributed by atoms with Crippen LogP contribution in [0.1, 0.15) is 31.9 Å². The monoisotopic (exact) mass is 190 g/mol. The number of ether oxygens (including phenoxy) is 1. The molecule has 0 saturated carbocycles. The van der Waals surface area contributed by atoms with Gasteiger partial charge in [0.15, 0.2) is 0 Å². The minimum atomic E-state index is 0.171. The van der Waals surface area contributed by atoms with Gasteiger partial charge in [-0.15, -0.1) is 0 Å². The van der Waals surface area contributed by atoms with Crippen molar-refractivity contribution >= 4 is 5.76 Å². The molecule has 0 saturated heterocycles. The van der Waals surface area contributed by atoms with Crippen molar-refractivity contribution in [2.75, 3.05) is 7.11 Å². The molecule has 0 aliphatic heterocycles. The average Bonchev–Trinajstić information content (AvgIpc) is 2.15. The molecule has 0 aliphatic carbocycles. The molecule has 1 aromatic carbocycles. The molecule has 0 spiro atoms. The zero-order valence-corrected chi connectivity index (χ0v) is 9.42. The summed E-state index contributed by atoms with van der Waals surface area (Å²) in [7, 11) is 1.64. The summed E-state index contributed by atoms with van der Waals surface area (Å²) in [6, 6.07) is 8.32. The molecule has 0 unspecified atom stereocenters. The van der Waals surface area contributed by atoms with E-state index in [0.717, 1.165) is 11.3 Å². The highest BCUT2D eigenvalue weighted by molar-refractivity contribution is 5.58. The van der Waals surface area contributed by atoms with E-state index in [9.17, 15) is 0 Å². The fourth-order valence-corrected chi connectivity index (χ4v) is 1.28. The zero-order chi connectivity index (χ0) is 10.8. The van der Waals surface area contributed by atoms with Crippen LogP contribution in [-0.2, 0) is 10.2 Å². The lowest BCUT2D eigenvalue weighted by Crippen LogP contribution is -2.11. The van der Waals surface area contributed by atoms with E-state index in [1.807, 2.05) is 12.1 Å². The van der Waals surface area contributed by atoms with Gasteiger partial charge in [0.25, 0.3) is 0 Å². The zero-order valence-electron chi connectivity index (χ0n) is 9.42. The van der Waals surface area contributed by atoms with Crippen molar-refractivity contribution in [2.24, 2.45) is 0 Å². The van der Waals surface area contributed by atoms with Crippen LogP contribution in [0.4, 0.5) is 0 Å². The Morgan fingerprint density at radius 1 is 1.29 bits per heavy atom. The van der Waals surface area contributed by atoms with Gasteiger partial charge in [-0.2, -0.15) is 0 Å². The Labute approximate surface area is 86.4 Å². The number of hydrogen-bond acceptors (Lipinski definition) is 1. The molecule has 1 nitrogen and oxygen atoms in total. The predicted octanol–water partition coefficient (Wildman–Crippen LogP) is 3.60. The molecule has 0 heterocycles. The van der Waals surface area contributed by atoms with Gasteiger partial charge in [0.05, 0.1) is 7.11 Å². The quantitative estimate of drug-likeness (QED) is 0.647. The predicted molar refractivity (Wildman–Crippen MR) is 61.2 cm³/mol. The van der Waals surface area contributed by atoms with Crippen LogP contribution in [0.15, 0.2) is 30.8 Å². The van der Waals surface area contributed by atoms with E-state index >= 15 is 0 Å². The van der Waals surface area contributed by atoms with Crippen LogP contribution in [0.2, 0.25) is 0 Å². The van der Waals surface area contributed by atoms with Crippen molar-refractivity contribution < 1.29 is 4.74 Å². The number of benzene rings is 1. The second-order valence-electron chi connectivity index (χ2n) is 4.46. The van der Waals surface area contributed by atoms with Gasteiger partial charge in [0.2, 0.25) is 0 Å². The van der Waals surface area contributed by atoms with Gasteiger partial charge in [0, 0.05) is 5.56 Å². The molecule has 14 heavy (non-hydrogen) atoms. The summed E-state index contributed by atoms with van der Waals surface area (Å²) in [6.07, 6.45) is 0. The Hall–Kier alpha value is -1.24. The van der Waals surface area contributed by atoms with Crippen molar-refractivity contribution in [3.8, 4) is 0 Å². The summed E-state index contributed by atoms with van der Waals surface area (Å²) in [6.45, 7) is 10.4. The molecule has 0 bridgehead atoms. The van der Waals surface area contributed by atoms with E-state index in [2.05, 4.69) is 39.5 Å². The smallest absolute Gasteiger partial charge is 0.118 e. The van der Waals surface area contributed by atoms with E-state index in [1.165, 1.54) is 5.56 Å². The number of methoxy groups -OCH3 is 1. The molecule has 1 aromatic rings. The van der Waals surface area contributed by atoms with Crippen LogP contribution in [-0.4, -0.2) is 7.11 Å². The summed E-state index contributed by atoms with van der Waals surface area (Å²) < 4.78 is 5.11. The van der Waals surface area contributed by atoms with Gasteiger partial charge in [-0.05, 0) is 17.0 Å². The molecule has 0 amide bonds. The van der Waals surface area contributed by atoms with Gasteiger partial charge in [-0.1, -0.05) is 45.5 Å². The van der Waals surface area contributed by atoms with Gasteiger partial charge < -0.3 is 4.74 Å². The highest BCUT2D eigenvalue weighted by atomic mass is 16.5. The lowest BCUT2D eigenvalue weighted by molar-refractivity contribution is 0.371. The Kier molecular flexibility index (Phi) is 3.00. The second kappa shape index (κ2) is 3.87. The lowest BCUT2D eigenvalue weighted by atomic mass is 9.86. The Morgan fingerprint density at radius 2 is 1.93 bits per heavy atom. The summed E-state index contributed by atoms with van der Waals surface area (Å²) >= 11 is 0. The molecule has 76 valence electrons. The Morgan fingerprint density at radius 3 is 2.43 bits per heavy atom. The van der Waals surface area contributed by atoms with Crippen LogP contribution in [0, 0.1) is 0 Å². The minimum Gasteiger partial charge on any atom is -0.497 e. The third kappa shape index (κ3) is 2.38. The van der Waals surface area contributed by atoms with Gasteiger partial charge in [-0.25, -0.2) is 0 Å². The van der Waals surface area contributed by atoms with Crippen LogP contribution >= 0.6 is 0 Å². The fourth-order valence-electron chi connectivity index (χ4n) is 1.28. The van der Waals surface area contributed by atoms with Gasteiger partial charge >= 0.3 is 0 Å². The van der Waals surface area contributed by atoms with E-state index in [4.69, 9.17) is 4.74 Å². The van der Waals surface area contributed by atoms with E-state index in [1.54, 1.807) is 7.11 Å². The van der Waals surface area contributed by atoms with Crippen molar-refractivity contribution in [1.29, 1.82) is 0 Å². The third-order valence-electron chi connectivity index (χ3n) is 2.30. The maximum atomic E-state index is 5.11. The maximum absolute atomic E-state index is 5.11. The molecule has 1 rings (SSSR count). The normalized spacial score (nSPS) is 11.1. The SMILES string of the molecule is C=C(OC)c1cccc(C(C)(C)C)c1. The highest BCUT2D eigenvalue weighted by Gasteiger charge is 2.13. The van der Waals surface area contributed by atoms with E-state index < -0.39 is 0 Å². The summed E-state index contributed by atoms with van der Waals surface area (Å²) in [4.78, 5) is 0. The van der Waals surface area contributed by atoms with Crippen molar-refractivity contribution in [3.63, 3.8) is 0 Å². The van der Waals surface area contributed by atoms with Crippen LogP contribution in [0.25, 0.3) is 5.76 Å². The first kappa shape index (κ1) is 10.8. The van der Waals surface area contributed by atoms with Crippen molar-refractivity contribution in [3.05, 3.63) is 42.0 Å². The Balaban J connectivity index is 3.08. The first-order valence-electron chi connectivity index (χ1n) is 4.79. The van der Waals surface area contributed by atoms with E-state index in [0.29, 0.717) is 0 Å². The van der Waals surface area contributed by atoms with Crippen LogP contribution in [0.3, 0.4) is 0 Å². The van der Waals surface area contributed by atoms with Gasteiger partial charge in [0.1, 0.15) is 5.76 Å². The molecule has 1 heteroatoms. The molecule has 0 atom stereocenters. The Bertz CT molecular complexity index is 331. The third-order valence-corrected chi connectivity index (χ3v) is 2.30. The van der Waals surface area contributed by atoms with Crippen molar-refractivity contribution in [2.45, 2.75) is 26.2 Å². The lowest BCUT2D eigenvalue weighted by Gasteiger charge is -2.19. The summed E-state index contributed by atoms with van der Waals surface area (Å²) in [5.74, 6) is 0.719. The molecular weight excluding hydrogens is 172 g/mol. The number of rotatable bonds is 2. The minimum absolute atomic E-state index is 0.171. The standard InChI is InChI=1S/C13H18O/c1-10(14-5)11-7-6-8-12(9-11)13(2,3)4/h6-9H,1H2,2-5H3. The molecule has 0 fully saturated rings. The van der Waals surface area contributed by atoms with E-state index in [-0.39, 0.29) is 5.41 Å². The topological polar surface area (TPSA) is 9.23 Å². The molecule has 0 radical (unpaired) electrons. The number of hydrogen-bond donors (Lipinski definition) is 0. The molecule has 0 aromatic heterocycles. The highest BCUT2D eigenvalue weighted by Crippen LogP contribution is 2.24. The summed E-state index contributed by atoms with van der Waals surface area (Å²) in [5.41, 5.74) is 2.53. The first-order chi connectivity index (χ1) is 6.45. The summed E-state index contributed by atoms with van der Waals surface area (Å²) in [5, 5.41) is 0. The first-order valence-corrected chi connectivity index (χ1v) is 4.79. The van der Waals surface area contributed by atoms with Crippen LogP contribution in [0.5, 0.6) is 0 Å². The molecule has 0 N–H and O–H groups in total. The average molecular weight is 190 g/mol. The second-order valence-corrected chi connectivity index (χ2v) is 4.46. The molecule has 0 aliphatic rings. The molecular formula is C13H18O. The van der Waals surface area contributed by atoms with Crippen molar-refractivity contribution in [1.82, 2.24) is 0 Å².